The van der Waals surface area contributed by atoms with Gasteiger partial charge in [-0.05, 0) is 48.1 Å². The Morgan fingerprint density at radius 1 is 0.861 bits per heavy atom. The van der Waals surface area contributed by atoms with Crippen LogP contribution in [0.4, 0.5) is 5.69 Å². The van der Waals surface area contributed by atoms with E-state index in [4.69, 9.17) is 4.74 Å². The molecule has 1 heterocycles. The molecule has 5 atom stereocenters. The van der Waals surface area contributed by atoms with Crippen LogP contribution in [-0.2, 0) is 27.4 Å². The second-order valence-corrected chi connectivity index (χ2v) is 10.1. The van der Waals surface area contributed by atoms with Crippen molar-refractivity contribution in [3.8, 4) is 0 Å². The van der Waals surface area contributed by atoms with E-state index >= 15 is 0 Å². The maximum Gasteiger partial charge on any atom is 0.310 e. The Bertz CT molecular complexity index is 1250. The molecule has 3 aromatic carbocycles. The maximum absolute atomic E-state index is 13.7. The van der Waals surface area contributed by atoms with Gasteiger partial charge in [0, 0.05) is 30.3 Å². The van der Waals surface area contributed by atoms with E-state index in [1.807, 2.05) is 65.6 Å². The van der Waals surface area contributed by atoms with Crippen molar-refractivity contribution in [3.05, 3.63) is 102 Å². The molecule has 1 saturated heterocycles. The number of esters is 1. The first-order chi connectivity index (χ1) is 17.6. The van der Waals surface area contributed by atoms with Gasteiger partial charge in [-0.1, -0.05) is 66.7 Å². The van der Waals surface area contributed by atoms with Gasteiger partial charge in [0.25, 0.3) is 5.91 Å². The molecule has 5 unspecified atom stereocenters. The fourth-order valence-corrected chi connectivity index (χ4v) is 6.31. The summed E-state index contributed by atoms with van der Waals surface area (Å²) in [6, 6.07) is 26.9. The zero-order chi connectivity index (χ0) is 24.6. The van der Waals surface area contributed by atoms with E-state index in [0.717, 1.165) is 24.0 Å². The summed E-state index contributed by atoms with van der Waals surface area (Å²) in [6.45, 7) is 0.947. The molecule has 36 heavy (non-hydrogen) atoms. The molecule has 2 aliphatic carbocycles. The predicted molar refractivity (Wildman–Crippen MR) is 135 cm³/mol. The minimum absolute atomic E-state index is 0.00212. The number of hydrogen-bond acceptors (Lipinski definition) is 4. The molecule has 2 bridgehead atoms. The molecule has 3 aromatic rings. The van der Waals surface area contributed by atoms with E-state index in [1.54, 1.807) is 24.3 Å². The molecule has 0 aromatic heterocycles. The van der Waals surface area contributed by atoms with Crippen molar-refractivity contribution in [2.75, 3.05) is 5.32 Å². The number of amides is 2. The molecular weight excluding hydrogens is 452 g/mol. The topological polar surface area (TPSA) is 75.7 Å². The molecule has 1 N–H and O–H groups in total. The molecule has 2 amide bonds. The van der Waals surface area contributed by atoms with Crippen molar-refractivity contribution in [1.29, 1.82) is 0 Å². The van der Waals surface area contributed by atoms with Gasteiger partial charge in [-0.25, -0.2) is 0 Å². The highest BCUT2D eigenvalue weighted by molar-refractivity contribution is 5.99. The van der Waals surface area contributed by atoms with E-state index in [2.05, 4.69) is 5.32 Å². The maximum atomic E-state index is 13.7. The van der Waals surface area contributed by atoms with Crippen molar-refractivity contribution in [2.24, 2.45) is 23.7 Å². The Morgan fingerprint density at radius 2 is 1.53 bits per heavy atom. The van der Waals surface area contributed by atoms with Crippen LogP contribution in [0.15, 0.2) is 84.9 Å². The van der Waals surface area contributed by atoms with Crippen LogP contribution in [0.5, 0.6) is 0 Å². The number of nitrogens with one attached hydrogen (secondary N) is 1. The number of hydrogen-bond donors (Lipinski definition) is 1. The van der Waals surface area contributed by atoms with Gasteiger partial charge in [-0.2, -0.15) is 0 Å². The van der Waals surface area contributed by atoms with Crippen LogP contribution < -0.4 is 5.32 Å². The van der Waals surface area contributed by atoms with E-state index in [1.165, 1.54) is 0 Å². The monoisotopic (exact) mass is 480 g/mol. The van der Waals surface area contributed by atoms with Crippen molar-refractivity contribution in [1.82, 2.24) is 4.90 Å². The summed E-state index contributed by atoms with van der Waals surface area (Å²) in [5.74, 6) is -0.810. The van der Waals surface area contributed by atoms with Crippen molar-refractivity contribution in [3.63, 3.8) is 0 Å². The molecule has 6 nitrogen and oxygen atoms in total. The molecule has 2 saturated carbocycles. The van der Waals surface area contributed by atoms with Gasteiger partial charge in [0.05, 0.1) is 11.8 Å². The Morgan fingerprint density at radius 3 is 2.19 bits per heavy atom. The average Bonchev–Trinajstić information content (AvgIpc) is 3.53. The van der Waals surface area contributed by atoms with E-state index in [-0.39, 0.29) is 47.6 Å². The lowest BCUT2D eigenvalue weighted by molar-refractivity contribution is -0.145. The second-order valence-electron chi connectivity index (χ2n) is 10.1. The molecule has 0 radical (unpaired) electrons. The van der Waals surface area contributed by atoms with Crippen LogP contribution >= 0.6 is 0 Å². The third kappa shape index (κ3) is 4.17. The van der Waals surface area contributed by atoms with E-state index in [0.29, 0.717) is 24.3 Å². The highest BCUT2D eigenvalue weighted by atomic mass is 16.6. The largest absolute Gasteiger partial charge is 0.462 e. The highest BCUT2D eigenvalue weighted by Crippen LogP contribution is 2.57. The molecular formula is C30H28N2O4. The SMILES string of the molecule is O=C(Nc1cccc(C(=O)N(Cc2ccccc2)Cc2ccccc2)c1)C1C2CC3OC(=O)C1C3C2. The Hall–Kier alpha value is -3.93. The summed E-state index contributed by atoms with van der Waals surface area (Å²) >= 11 is 0. The third-order valence-corrected chi connectivity index (χ3v) is 7.88. The quantitative estimate of drug-likeness (QED) is 0.499. The van der Waals surface area contributed by atoms with Crippen LogP contribution in [-0.4, -0.2) is 28.8 Å². The summed E-state index contributed by atoms with van der Waals surface area (Å²) in [5, 5.41) is 2.99. The lowest BCUT2D eigenvalue weighted by atomic mass is 9.79. The first kappa shape index (κ1) is 22.5. The van der Waals surface area contributed by atoms with Gasteiger partial charge >= 0.3 is 5.97 Å². The minimum atomic E-state index is -0.353. The number of anilines is 1. The molecule has 182 valence electrons. The summed E-state index contributed by atoms with van der Waals surface area (Å²) in [5.41, 5.74) is 3.16. The highest BCUT2D eigenvalue weighted by Gasteiger charge is 2.63. The standard InChI is InChI=1S/C30H28N2O4/c33-28(26-22-15-24-25(16-22)36-30(35)27(24)26)31-23-13-7-12-21(14-23)29(34)32(17-19-8-3-1-4-9-19)18-20-10-5-2-6-11-20/h1-14,22,24-27H,15-18H2,(H,31,33). The van der Waals surface area contributed by atoms with Crippen molar-refractivity contribution >= 4 is 23.5 Å². The number of fused-ring (bicyclic) bond motifs is 1. The third-order valence-electron chi connectivity index (χ3n) is 7.88. The molecule has 3 aliphatic rings. The predicted octanol–water partition coefficient (Wildman–Crippen LogP) is 4.67. The second kappa shape index (κ2) is 9.26. The Labute approximate surface area is 210 Å². The number of benzene rings is 3. The van der Waals surface area contributed by atoms with Crippen LogP contribution in [0, 0.1) is 23.7 Å². The molecule has 0 spiro atoms. The summed E-state index contributed by atoms with van der Waals surface area (Å²) in [7, 11) is 0. The smallest absolute Gasteiger partial charge is 0.310 e. The fourth-order valence-electron chi connectivity index (χ4n) is 6.31. The van der Waals surface area contributed by atoms with Gasteiger partial charge in [0.15, 0.2) is 0 Å². The Balaban J connectivity index is 1.21. The molecule has 1 aliphatic heterocycles. The normalized spacial score (nSPS) is 25.4. The van der Waals surface area contributed by atoms with Gasteiger partial charge in [0.1, 0.15) is 6.10 Å². The van der Waals surface area contributed by atoms with Crippen molar-refractivity contribution < 1.29 is 19.1 Å². The molecule has 3 fully saturated rings. The number of ether oxygens (including phenoxy) is 1. The first-order valence-corrected chi connectivity index (χ1v) is 12.6. The lowest BCUT2D eigenvalue weighted by Gasteiger charge is -2.24. The summed E-state index contributed by atoms with van der Waals surface area (Å²) < 4.78 is 5.48. The van der Waals surface area contributed by atoms with E-state index < -0.39 is 0 Å². The number of rotatable bonds is 7. The van der Waals surface area contributed by atoms with Gasteiger partial charge in [-0.15, -0.1) is 0 Å². The lowest BCUT2D eigenvalue weighted by Crippen LogP contribution is -2.36. The molecule has 6 rings (SSSR count). The van der Waals surface area contributed by atoms with Gasteiger partial charge in [-0.3, -0.25) is 14.4 Å². The van der Waals surface area contributed by atoms with Crippen LogP contribution in [0.1, 0.15) is 34.3 Å². The average molecular weight is 481 g/mol. The number of carbonyl (C=O) groups is 3. The number of nitrogens with zero attached hydrogens (tertiary/aromatic N) is 1. The van der Waals surface area contributed by atoms with Crippen LogP contribution in [0.25, 0.3) is 0 Å². The Kier molecular flexibility index (Phi) is 5.80. The summed E-state index contributed by atoms with van der Waals surface area (Å²) in [4.78, 5) is 41.0. The summed E-state index contributed by atoms with van der Waals surface area (Å²) in [6.07, 6.45) is 1.65. The van der Waals surface area contributed by atoms with Crippen LogP contribution in [0.2, 0.25) is 0 Å². The molecule has 6 heteroatoms. The fraction of sp³-hybridized carbons (Fsp3) is 0.300. The number of carbonyl (C=O) groups excluding carboxylic acids is 3. The van der Waals surface area contributed by atoms with Gasteiger partial charge in [0.2, 0.25) is 5.91 Å². The first-order valence-electron chi connectivity index (χ1n) is 12.6. The van der Waals surface area contributed by atoms with Crippen LogP contribution in [0.3, 0.4) is 0 Å². The zero-order valence-electron chi connectivity index (χ0n) is 19.9. The van der Waals surface area contributed by atoms with E-state index in [9.17, 15) is 14.4 Å². The van der Waals surface area contributed by atoms with Crippen molar-refractivity contribution in [2.45, 2.75) is 32.0 Å². The zero-order valence-corrected chi connectivity index (χ0v) is 19.9. The minimum Gasteiger partial charge on any atom is -0.462 e. The van der Waals surface area contributed by atoms with Gasteiger partial charge < -0.3 is 15.0 Å².